The van der Waals surface area contributed by atoms with Gasteiger partial charge in [0.05, 0.1) is 13.2 Å². The quantitative estimate of drug-likeness (QED) is 0.834. The second-order valence-electron chi connectivity index (χ2n) is 3.69. The maximum Gasteiger partial charge on any atom is 0.412 e. The van der Waals surface area contributed by atoms with Crippen molar-refractivity contribution in [3.05, 3.63) is 30.9 Å². The molecule has 5 nitrogen and oxygen atoms in total. The summed E-state index contributed by atoms with van der Waals surface area (Å²) in [7, 11) is 0. The fourth-order valence-electron chi connectivity index (χ4n) is 1.54. The minimum Gasteiger partial charge on any atom is -0.489 e. The largest absolute Gasteiger partial charge is 0.489 e. The highest BCUT2D eigenvalue weighted by molar-refractivity contribution is 5.72. The molecule has 1 aliphatic heterocycles. The fraction of sp³-hybridized carbons (Fsp3) is 0.308. The zero-order valence-electron chi connectivity index (χ0n) is 9.98. The van der Waals surface area contributed by atoms with Crippen molar-refractivity contribution in [2.45, 2.75) is 6.42 Å². The molecule has 0 fully saturated rings. The predicted molar refractivity (Wildman–Crippen MR) is 66.3 cm³/mol. The van der Waals surface area contributed by atoms with Gasteiger partial charge in [-0.15, -0.1) is 6.58 Å². The third kappa shape index (κ3) is 2.94. The summed E-state index contributed by atoms with van der Waals surface area (Å²) in [6.07, 6.45) is 1.83. The molecule has 2 rings (SSSR count). The van der Waals surface area contributed by atoms with Crippen LogP contribution in [0.4, 0.5) is 4.79 Å². The first-order valence-corrected chi connectivity index (χ1v) is 5.76. The third-order valence-electron chi connectivity index (χ3n) is 2.33. The van der Waals surface area contributed by atoms with Crippen LogP contribution in [0.15, 0.2) is 30.9 Å². The average molecular weight is 249 g/mol. The molecule has 0 aliphatic carbocycles. The van der Waals surface area contributed by atoms with Gasteiger partial charge in [-0.05, 0) is 12.1 Å². The SMILES string of the molecule is C=CCNC(=O)Oc1cccc2c1OCCCO2. The van der Waals surface area contributed by atoms with E-state index >= 15 is 0 Å². The summed E-state index contributed by atoms with van der Waals surface area (Å²) in [4.78, 5) is 11.5. The molecule has 0 saturated carbocycles. The molecule has 0 unspecified atom stereocenters. The first-order valence-electron chi connectivity index (χ1n) is 5.76. The Hall–Kier alpha value is -2.17. The van der Waals surface area contributed by atoms with Gasteiger partial charge in [0.1, 0.15) is 0 Å². The van der Waals surface area contributed by atoms with Gasteiger partial charge in [-0.1, -0.05) is 12.1 Å². The Balaban J connectivity index is 2.12. The van der Waals surface area contributed by atoms with Crippen LogP contribution in [-0.4, -0.2) is 25.9 Å². The molecule has 1 aromatic carbocycles. The molecule has 0 saturated heterocycles. The van der Waals surface area contributed by atoms with Crippen molar-refractivity contribution >= 4 is 6.09 Å². The molecule has 1 aliphatic rings. The Morgan fingerprint density at radius 3 is 3.11 bits per heavy atom. The highest BCUT2D eigenvalue weighted by Gasteiger charge is 2.17. The van der Waals surface area contributed by atoms with Gasteiger partial charge in [0.25, 0.3) is 0 Å². The average Bonchev–Trinajstić information content (AvgIpc) is 2.62. The van der Waals surface area contributed by atoms with E-state index < -0.39 is 6.09 Å². The van der Waals surface area contributed by atoms with Crippen LogP contribution in [0.5, 0.6) is 17.2 Å². The van der Waals surface area contributed by atoms with E-state index in [1.165, 1.54) is 0 Å². The topological polar surface area (TPSA) is 56.8 Å². The van der Waals surface area contributed by atoms with Crippen LogP contribution in [0.1, 0.15) is 6.42 Å². The summed E-state index contributed by atoms with van der Waals surface area (Å²) >= 11 is 0. The monoisotopic (exact) mass is 249 g/mol. The molecule has 5 heteroatoms. The lowest BCUT2D eigenvalue weighted by atomic mass is 10.3. The molecule has 0 atom stereocenters. The maximum atomic E-state index is 11.5. The summed E-state index contributed by atoms with van der Waals surface area (Å²) in [5.74, 6) is 1.43. The molecular formula is C13H15NO4. The summed E-state index contributed by atoms with van der Waals surface area (Å²) in [5, 5.41) is 2.53. The van der Waals surface area contributed by atoms with Crippen LogP contribution in [0.3, 0.4) is 0 Å². The van der Waals surface area contributed by atoms with Crippen molar-refractivity contribution in [2.75, 3.05) is 19.8 Å². The first kappa shape index (κ1) is 12.3. The van der Waals surface area contributed by atoms with Crippen molar-refractivity contribution in [3.63, 3.8) is 0 Å². The van der Waals surface area contributed by atoms with Gasteiger partial charge in [-0.2, -0.15) is 0 Å². The van der Waals surface area contributed by atoms with Crippen molar-refractivity contribution in [2.24, 2.45) is 0 Å². The van der Waals surface area contributed by atoms with Crippen LogP contribution in [0.25, 0.3) is 0 Å². The maximum absolute atomic E-state index is 11.5. The zero-order chi connectivity index (χ0) is 12.8. The van der Waals surface area contributed by atoms with Gasteiger partial charge >= 0.3 is 6.09 Å². The molecule has 0 radical (unpaired) electrons. The molecule has 0 aromatic heterocycles. The van der Waals surface area contributed by atoms with Gasteiger partial charge in [0.15, 0.2) is 11.5 Å². The van der Waals surface area contributed by atoms with Gasteiger partial charge in [0.2, 0.25) is 5.75 Å². The molecule has 1 amide bonds. The van der Waals surface area contributed by atoms with Gasteiger partial charge in [-0.25, -0.2) is 4.79 Å². The highest BCUT2D eigenvalue weighted by Crippen LogP contribution is 2.38. The minimum atomic E-state index is -0.545. The number of nitrogens with one attached hydrogen (secondary N) is 1. The summed E-state index contributed by atoms with van der Waals surface area (Å²) in [6, 6.07) is 5.21. The Morgan fingerprint density at radius 1 is 1.44 bits per heavy atom. The fourth-order valence-corrected chi connectivity index (χ4v) is 1.54. The van der Waals surface area contributed by atoms with Crippen LogP contribution in [0.2, 0.25) is 0 Å². The van der Waals surface area contributed by atoms with E-state index in [1.54, 1.807) is 24.3 Å². The third-order valence-corrected chi connectivity index (χ3v) is 2.33. The smallest absolute Gasteiger partial charge is 0.412 e. The number of carbonyl (C=O) groups is 1. The van der Waals surface area contributed by atoms with Crippen LogP contribution in [-0.2, 0) is 0 Å². The number of fused-ring (bicyclic) bond motifs is 1. The van der Waals surface area contributed by atoms with Crippen molar-refractivity contribution in [1.29, 1.82) is 0 Å². The second kappa shape index (κ2) is 5.95. The number of benzene rings is 1. The minimum absolute atomic E-state index is 0.352. The van der Waals surface area contributed by atoms with E-state index in [1.807, 2.05) is 0 Å². The van der Waals surface area contributed by atoms with Crippen molar-refractivity contribution in [3.8, 4) is 17.2 Å². The summed E-state index contributed by atoms with van der Waals surface area (Å²) < 4.78 is 16.2. The molecule has 1 heterocycles. The summed E-state index contributed by atoms with van der Waals surface area (Å²) in [5.41, 5.74) is 0. The molecule has 0 bridgehead atoms. The summed E-state index contributed by atoms with van der Waals surface area (Å²) in [6.45, 7) is 5.00. The number of rotatable bonds is 3. The van der Waals surface area contributed by atoms with Crippen LogP contribution >= 0.6 is 0 Å². The van der Waals surface area contributed by atoms with Crippen molar-refractivity contribution < 1.29 is 19.0 Å². The van der Waals surface area contributed by atoms with Crippen LogP contribution in [0, 0.1) is 0 Å². The number of amides is 1. The standard InChI is InChI=1S/C13H15NO4/c1-2-7-14-13(15)18-11-6-3-5-10-12(11)17-9-4-8-16-10/h2-3,5-6H,1,4,7-9H2,(H,14,15). The number of para-hydroxylation sites is 1. The number of hydrogen-bond acceptors (Lipinski definition) is 4. The first-order chi connectivity index (χ1) is 8.81. The molecule has 96 valence electrons. The number of hydrogen-bond donors (Lipinski definition) is 1. The van der Waals surface area contributed by atoms with E-state index in [0.717, 1.165) is 6.42 Å². The highest BCUT2D eigenvalue weighted by atomic mass is 16.6. The molecule has 1 aromatic rings. The van der Waals surface area contributed by atoms with E-state index in [0.29, 0.717) is 37.0 Å². The lowest BCUT2D eigenvalue weighted by Crippen LogP contribution is -2.26. The lowest BCUT2D eigenvalue weighted by Gasteiger charge is -2.12. The van der Waals surface area contributed by atoms with E-state index in [9.17, 15) is 4.79 Å². The molecule has 18 heavy (non-hydrogen) atoms. The molecule has 1 N–H and O–H groups in total. The molecule has 0 spiro atoms. The molecular weight excluding hydrogens is 234 g/mol. The lowest BCUT2D eigenvalue weighted by molar-refractivity contribution is 0.198. The Morgan fingerprint density at radius 2 is 2.28 bits per heavy atom. The predicted octanol–water partition coefficient (Wildman–Crippen LogP) is 2.12. The van der Waals surface area contributed by atoms with E-state index in [-0.39, 0.29) is 0 Å². The Bertz CT molecular complexity index is 445. The Kier molecular flexibility index (Phi) is 4.06. The Labute approximate surface area is 105 Å². The van der Waals surface area contributed by atoms with Crippen molar-refractivity contribution in [1.82, 2.24) is 5.32 Å². The number of ether oxygens (including phenoxy) is 3. The van der Waals surface area contributed by atoms with Gasteiger partial charge in [-0.3, -0.25) is 0 Å². The zero-order valence-corrected chi connectivity index (χ0v) is 9.98. The van der Waals surface area contributed by atoms with Crippen LogP contribution < -0.4 is 19.5 Å². The second-order valence-corrected chi connectivity index (χ2v) is 3.69. The number of carbonyl (C=O) groups excluding carboxylic acids is 1. The van der Waals surface area contributed by atoms with E-state index in [2.05, 4.69) is 11.9 Å². The van der Waals surface area contributed by atoms with Gasteiger partial charge < -0.3 is 19.5 Å². The van der Waals surface area contributed by atoms with E-state index in [4.69, 9.17) is 14.2 Å². The normalized spacial score (nSPS) is 13.3. The van der Waals surface area contributed by atoms with Gasteiger partial charge in [0, 0.05) is 13.0 Å².